The van der Waals surface area contributed by atoms with Crippen LogP contribution >= 0.6 is 0 Å². The third-order valence-corrected chi connectivity index (χ3v) is 4.19. The molecule has 1 saturated carbocycles. The van der Waals surface area contributed by atoms with Gasteiger partial charge < -0.3 is 5.32 Å². The summed E-state index contributed by atoms with van der Waals surface area (Å²) in [6.45, 7) is 7.00. The summed E-state index contributed by atoms with van der Waals surface area (Å²) in [5.74, 6) is 1.67. The Bertz CT molecular complexity index is 331. The number of nitrogens with one attached hydrogen (secondary N) is 1. The zero-order valence-corrected chi connectivity index (χ0v) is 11.3. The van der Waals surface area contributed by atoms with E-state index in [2.05, 4.69) is 56.4 Å². The highest BCUT2D eigenvalue weighted by Gasteiger charge is 2.30. The third-order valence-electron chi connectivity index (χ3n) is 4.19. The van der Waals surface area contributed by atoms with Crippen LogP contribution in [0.4, 0.5) is 0 Å². The minimum Gasteiger partial charge on any atom is -0.307 e. The molecule has 1 nitrogen and oxygen atoms in total. The highest BCUT2D eigenvalue weighted by atomic mass is 15.0. The molecule has 1 heteroatoms. The molecule has 0 radical (unpaired) electrons. The van der Waals surface area contributed by atoms with Crippen molar-refractivity contribution in [1.29, 1.82) is 0 Å². The summed E-state index contributed by atoms with van der Waals surface area (Å²) in [6.07, 6.45) is 4.14. The van der Waals surface area contributed by atoms with Gasteiger partial charge in [0.25, 0.3) is 0 Å². The van der Waals surface area contributed by atoms with E-state index in [0.717, 1.165) is 11.8 Å². The molecule has 0 aliphatic heterocycles. The minimum atomic E-state index is 0.473. The maximum absolute atomic E-state index is 3.83. The van der Waals surface area contributed by atoms with Gasteiger partial charge in [-0.05, 0) is 37.2 Å². The molecule has 0 aromatic heterocycles. The maximum atomic E-state index is 3.83. The first-order valence-corrected chi connectivity index (χ1v) is 6.99. The molecule has 0 spiro atoms. The standard InChI is InChI=1S/C16H25N/c1-12(2)15-10-7-11-16(15)17-13(3)14-8-5-4-6-9-14/h4-6,8-9,12-13,15-17H,7,10-11H2,1-3H3/t13?,15-,16-/m0/s1. The van der Waals surface area contributed by atoms with E-state index in [-0.39, 0.29) is 0 Å². The van der Waals surface area contributed by atoms with Crippen LogP contribution in [0.25, 0.3) is 0 Å². The molecular weight excluding hydrogens is 206 g/mol. The maximum Gasteiger partial charge on any atom is 0.0294 e. The zero-order valence-electron chi connectivity index (χ0n) is 11.3. The molecule has 3 atom stereocenters. The van der Waals surface area contributed by atoms with Gasteiger partial charge in [-0.2, -0.15) is 0 Å². The van der Waals surface area contributed by atoms with E-state index in [1.807, 2.05) is 0 Å². The molecule has 1 aromatic rings. The van der Waals surface area contributed by atoms with Gasteiger partial charge in [-0.15, -0.1) is 0 Å². The summed E-state index contributed by atoms with van der Waals surface area (Å²) in [6, 6.07) is 12.0. The first kappa shape index (κ1) is 12.6. The average Bonchev–Trinajstić information content (AvgIpc) is 2.78. The summed E-state index contributed by atoms with van der Waals surface area (Å²) in [7, 11) is 0. The van der Waals surface area contributed by atoms with E-state index in [1.165, 1.54) is 24.8 Å². The lowest BCUT2D eigenvalue weighted by Gasteiger charge is -2.27. The van der Waals surface area contributed by atoms with Crippen molar-refractivity contribution in [1.82, 2.24) is 5.32 Å². The predicted molar refractivity (Wildman–Crippen MR) is 74.0 cm³/mol. The Balaban J connectivity index is 1.97. The second kappa shape index (κ2) is 5.68. The van der Waals surface area contributed by atoms with Crippen LogP contribution in [-0.4, -0.2) is 6.04 Å². The first-order chi connectivity index (χ1) is 8.18. The summed E-state index contributed by atoms with van der Waals surface area (Å²) in [4.78, 5) is 0. The van der Waals surface area contributed by atoms with E-state index in [0.29, 0.717) is 12.1 Å². The highest BCUT2D eigenvalue weighted by Crippen LogP contribution is 2.33. The molecular formula is C16H25N. The second-order valence-corrected chi connectivity index (χ2v) is 5.74. The molecule has 1 aliphatic rings. The molecule has 0 amide bonds. The van der Waals surface area contributed by atoms with Crippen molar-refractivity contribution in [2.75, 3.05) is 0 Å². The summed E-state index contributed by atoms with van der Waals surface area (Å²) >= 11 is 0. The van der Waals surface area contributed by atoms with Crippen LogP contribution in [0, 0.1) is 11.8 Å². The fraction of sp³-hybridized carbons (Fsp3) is 0.625. The largest absolute Gasteiger partial charge is 0.307 e. The molecule has 17 heavy (non-hydrogen) atoms. The van der Waals surface area contributed by atoms with Gasteiger partial charge in [0.2, 0.25) is 0 Å². The van der Waals surface area contributed by atoms with Crippen LogP contribution in [0.5, 0.6) is 0 Å². The Morgan fingerprint density at radius 2 is 1.76 bits per heavy atom. The summed E-state index contributed by atoms with van der Waals surface area (Å²) in [5.41, 5.74) is 1.40. The Labute approximate surface area is 106 Å². The van der Waals surface area contributed by atoms with Crippen LogP contribution in [0.1, 0.15) is 51.6 Å². The lowest BCUT2D eigenvalue weighted by atomic mass is 9.90. The van der Waals surface area contributed by atoms with Crippen LogP contribution in [0.15, 0.2) is 30.3 Å². The first-order valence-electron chi connectivity index (χ1n) is 6.99. The van der Waals surface area contributed by atoms with E-state index in [4.69, 9.17) is 0 Å². The normalized spacial score (nSPS) is 26.4. The van der Waals surface area contributed by atoms with Crippen molar-refractivity contribution in [3.63, 3.8) is 0 Å². The van der Waals surface area contributed by atoms with E-state index in [9.17, 15) is 0 Å². The molecule has 94 valence electrons. The van der Waals surface area contributed by atoms with E-state index >= 15 is 0 Å². The fourth-order valence-corrected chi connectivity index (χ4v) is 3.15. The number of rotatable bonds is 4. The van der Waals surface area contributed by atoms with E-state index in [1.54, 1.807) is 0 Å². The topological polar surface area (TPSA) is 12.0 Å². The Hall–Kier alpha value is -0.820. The van der Waals surface area contributed by atoms with Gasteiger partial charge in [-0.25, -0.2) is 0 Å². The van der Waals surface area contributed by atoms with Crippen molar-refractivity contribution in [3.8, 4) is 0 Å². The molecule has 1 fully saturated rings. The average molecular weight is 231 g/mol. The van der Waals surface area contributed by atoms with Gasteiger partial charge in [0, 0.05) is 12.1 Å². The molecule has 1 aromatic carbocycles. The lowest BCUT2D eigenvalue weighted by molar-refractivity contribution is 0.296. The molecule has 0 saturated heterocycles. The molecule has 2 rings (SSSR count). The smallest absolute Gasteiger partial charge is 0.0294 e. The van der Waals surface area contributed by atoms with Gasteiger partial charge in [0.05, 0.1) is 0 Å². The Morgan fingerprint density at radius 1 is 1.06 bits per heavy atom. The van der Waals surface area contributed by atoms with Crippen molar-refractivity contribution in [2.24, 2.45) is 11.8 Å². The minimum absolute atomic E-state index is 0.473. The SMILES string of the molecule is CC(N[C@H]1CCC[C@H]1C(C)C)c1ccccc1. The van der Waals surface area contributed by atoms with Crippen molar-refractivity contribution in [2.45, 2.75) is 52.1 Å². The molecule has 1 unspecified atom stereocenters. The number of benzene rings is 1. The fourth-order valence-electron chi connectivity index (χ4n) is 3.15. The zero-order chi connectivity index (χ0) is 12.3. The summed E-state index contributed by atoms with van der Waals surface area (Å²) < 4.78 is 0. The number of hydrogen-bond acceptors (Lipinski definition) is 1. The van der Waals surface area contributed by atoms with Crippen molar-refractivity contribution < 1.29 is 0 Å². The van der Waals surface area contributed by atoms with Crippen molar-refractivity contribution >= 4 is 0 Å². The monoisotopic (exact) mass is 231 g/mol. The van der Waals surface area contributed by atoms with E-state index < -0.39 is 0 Å². The van der Waals surface area contributed by atoms with Crippen LogP contribution in [0.3, 0.4) is 0 Å². The van der Waals surface area contributed by atoms with Crippen LogP contribution in [-0.2, 0) is 0 Å². The lowest BCUT2D eigenvalue weighted by Crippen LogP contribution is -2.36. The third kappa shape index (κ3) is 3.10. The quantitative estimate of drug-likeness (QED) is 0.820. The molecule has 1 aliphatic carbocycles. The predicted octanol–water partition coefficient (Wildman–Crippen LogP) is 4.16. The Kier molecular flexibility index (Phi) is 4.22. The van der Waals surface area contributed by atoms with Crippen molar-refractivity contribution in [3.05, 3.63) is 35.9 Å². The molecule has 0 bridgehead atoms. The molecule has 1 N–H and O–H groups in total. The summed E-state index contributed by atoms with van der Waals surface area (Å²) in [5, 5.41) is 3.83. The van der Waals surface area contributed by atoms with Crippen LogP contribution in [0.2, 0.25) is 0 Å². The highest BCUT2D eigenvalue weighted by molar-refractivity contribution is 5.18. The Morgan fingerprint density at radius 3 is 2.41 bits per heavy atom. The second-order valence-electron chi connectivity index (χ2n) is 5.74. The van der Waals surface area contributed by atoms with Gasteiger partial charge in [-0.3, -0.25) is 0 Å². The van der Waals surface area contributed by atoms with Gasteiger partial charge >= 0.3 is 0 Å². The van der Waals surface area contributed by atoms with Gasteiger partial charge in [0.15, 0.2) is 0 Å². The molecule has 0 heterocycles. The van der Waals surface area contributed by atoms with Crippen LogP contribution < -0.4 is 5.32 Å². The number of hydrogen-bond donors (Lipinski definition) is 1. The van der Waals surface area contributed by atoms with Gasteiger partial charge in [0.1, 0.15) is 0 Å². The van der Waals surface area contributed by atoms with Gasteiger partial charge in [-0.1, -0.05) is 50.6 Å².